The summed E-state index contributed by atoms with van der Waals surface area (Å²) in [7, 11) is -0.339. The topological polar surface area (TPSA) is 0 Å². The van der Waals surface area contributed by atoms with Crippen LogP contribution in [0.15, 0.2) is 78.4 Å². The van der Waals surface area contributed by atoms with Crippen molar-refractivity contribution in [1.82, 2.24) is 0 Å². The second-order valence-electron chi connectivity index (χ2n) is 6.62. The number of fused-ring (bicyclic) bond motifs is 1. The molecule has 0 aromatic heterocycles. The first-order chi connectivity index (χ1) is 12.1. The van der Waals surface area contributed by atoms with Gasteiger partial charge in [0.05, 0.1) is 8.80 Å². The van der Waals surface area contributed by atoms with Gasteiger partial charge in [-0.2, -0.15) is 0 Å². The van der Waals surface area contributed by atoms with Crippen LogP contribution in [0.2, 0.25) is 13.1 Å². The molecule has 0 saturated carbocycles. The Labute approximate surface area is 176 Å². The van der Waals surface area contributed by atoms with E-state index in [9.17, 15) is 0 Å². The summed E-state index contributed by atoms with van der Waals surface area (Å²) in [6.45, 7) is 11.1. The van der Waals surface area contributed by atoms with Gasteiger partial charge in [0.25, 0.3) is 0 Å². The third-order valence-corrected chi connectivity index (χ3v) is 6.36. The van der Waals surface area contributed by atoms with Gasteiger partial charge in [-0.25, -0.2) is 0 Å². The molecule has 1 atom stereocenters. The van der Waals surface area contributed by atoms with Gasteiger partial charge in [0.1, 0.15) is 0 Å². The fourth-order valence-electron chi connectivity index (χ4n) is 3.41. The van der Waals surface area contributed by atoms with Gasteiger partial charge >= 0.3 is 0 Å². The van der Waals surface area contributed by atoms with E-state index in [1.165, 1.54) is 27.8 Å². The van der Waals surface area contributed by atoms with Gasteiger partial charge in [-0.05, 0) is 48.6 Å². The summed E-state index contributed by atoms with van der Waals surface area (Å²) >= 11 is 0. The Bertz CT molecular complexity index is 760. The molecule has 0 saturated heterocycles. The predicted molar refractivity (Wildman–Crippen MR) is 115 cm³/mol. The van der Waals surface area contributed by atoms with Crippen LogP contribution in [0.5, 0.6) is 0 Å². The first-order valence-electron chi connectivity index (χ1n) is 9.00. The van der Waals surface area contributed by atoms with E-state index in [0.29, 0.717) is 5.54 Å². The van der Waals surface area contributed by atoms with Crippen molar-refractivity contribution in [3.8, 4) is 11.1 Å². The zero-order valence-electron chi connectivity index (χ0n) is 16.6. The standard InChI is InChI=1S/C18H19Si.C6H10.Ti/c1-13-12-17-15(14-8-5-4-6-9-14)10-7-11-16(17)18(13)19(2)3;1-3-5-6-4-2;/h4-12,18H,1-3H3;3-6H,1-2H3;. The summed E-state index contributed by atoms with van der Waals surface area (Å²) in [6, 6.07) is 17.5. The van der Waals surface area contributed by atoms with Gasteiger partial charge in [-0.1, -0.05) is 97.6 Å². The fraction of sp³-hybridized carbons (Fsp3) is 0.250. The molecular formula is C24H29SiTi. The van der Waals surface area contributed by atoms with Gasteiger partial charge in [-0.3, -0.25) is 0 Å². The molecule has 3 rings (SSSR count). The van der Waals surface area contributed by atoms with E-state index in [-0.39, 0.29) is 30.5 Å². The van der Waals surface area contributed by atoms with E-state index in [0.717, 1.165) is 0 Å². The molecule has 1 radical (unpaired) electrons. The summed E-state index contributed by atoms with van der Waals surface area (Å²) in [5.74, 6) is 0. The fourth-order valence-corrected chi connectivity index (χ4v) is 5.28. The Morgan fingerprint density at radius 1 is 0.846 bits per heavy atom. The van der Waals surface area contributed by atoms with Gasteiger partial charge in [0.15, 0.2) is 0 Å². The minimum absolute atomic E-state index is 0. The number of hydrogen-bond acceptors (Lipinski definition) is 0. The summed E-state index contributed by atoms with van der Waals surface area (Å²) in [5, 5.41) is 0. The van der Waals surface area contributed by atoms with Gasteiger partial charge in [0.2, 0.25) is 0 Å². The van der Waals surface area contributed by atoms with E-state index >= 15 is 0 Å². The molecule has 0 nitrogen and oxygen atoms in total. The van der Waals surface area contributed by atoms with Crippen molar-refractivity contribution in [2.75, 3.05) is 0 Å². The summed E-state index contributed by atoms with van der Waals surface area (Å²) in [5.41, 5.74) is 7.91. The SMILES string of the molecule is CC1=Cc2c(-c3ccccc3)cccc2C1[Si](C)C.CC=CC=CC.[Ti]. The van der Waals surface area contributed by atoms with Gasteiger partial charge in [0, 0.05) is 21.7 Å². The quantitative estimate of drug-likeness (QED) is 0.380. The monoisotopic (exact) mass is 393 g/mol. The van der Waals surface area contributed by atoms with E-state index in [4.69, 9.17) is 0 Å². The number of hydrogen-bond donors (Lipinski definition) is 0. The molecule has 0 N–H and O–H groups in total. The van der Waals surface area contributed by atoms with E-state index < -0.39 is 0 Å². The maximum atomic E-state index is 2.41. The van der Waals surface area contributed by atoms with Crippen LogP contribution < -0.4 is 0 Å². The van der Waals surface area contributed by atoms with E-state index in [2.05, 4.69) is 74.6 Å². The molecule has 0 heterocycles. The molecule has 0 bridgehead atoms. The molecule has 1 aliphatic rings. The second-order valence-corrected chi connectivity index (χ2v) is 9.36. The molecule has 1 aliphatic carbocycles. The molecule has 133 valence electrons. The Morgan fingerprint density at radius 2 is 1.46 bits per heavy atom. The second kappa shape index (κ2) is 11.3. The summed E-state index contributed by atoms with van der Waals surface area (Å²) in [6.07, 6.45) is 10.4. The van der Waals surface area contributed by atoms with E-state index in [1.807, 2.05) is 38.2 Å². The van der Waals surface area contributed by atoms with Crippen molar-refractivity contribution in [2.45, 2.75) is 39.4 Å². The average molecular weight is 393 g/mol. The minimum Gasteiger partial charge on any atom is -0.0877 e. The molecule has 0 fully saturated rings. The third-order valence-electron chi connectivity index (χ3n) is 4.44. The molecule has 1 unspecified atom stereocenters. The van der Waals surface area contributed by atoms with Crippen LogP contribution in [0, 0.1) is 0 Å². The average Bonchev–Trinajstić information content (AvgIpc) is 2.97. The van der Waals surface area contributed by atoms with Crippen molar-refractivity contribution >= 4 is 14.9 Å². The number of benzene rings is 2. The van der Waals surface area contributed by atoms with Crippen molar-refractivity contribution < 1.29 is 21.7 Å². The van der Waals surface area contributed by atoms with Crippen molar-refractivity contribution in [3.63, 3.8) is 0 Å². The Kier molecular flexibility index (Phi) is 9.87. The van der Waals surface area contributed by atoms with E-state index in [1.54, 1.807) is 0 Å². The van der Waals surface area contributed by atoms with Crippen LogP contribution >= 0.6 is 0 Å². The molecule has 0 spiro atoms. The zero-order valence-corrected chi connectivity index (χ0v) is 19.1. The van der Waals surface area contributed by atoms with Crippen LogP contribution in [0.25, 0.3) is 17.2 Å². The van der Waals surface area contributed by atoms with Crippen LogP contribution in [0.4, 0.5) is 0 Å². The Balaban J connectivity index is 0.000000422. The third kappa shape index (κ3) is 5.54. The van der Waals surface area contributed by atoms with Crippen molar-refractivity contribution in [2.24, 2.45) is 0 Å². The van der Waals surface area contributed by atoms with Crippen LogP contribution in [-0.4, -0.2) is 8.80 Å². The zero-order chi connectivity index (χ0) is 18.2. The number of allylic oxidation sites excluding steroid dienone is 5. The maximum absolute atomic E-state index is 2.41. The minimum atomic E-state index is -0.339. The van der Waals surface area contributed by atoms with Crippen LogP contribution in [0.3, 0.4) is 0 Å². The van der Waals surface area contributed by atoms with Crippen molar-refractivity contribution in [1.29, 1.82) is 0 Å². The first-order valence-corrected chi connectivity index (χ1v) is 11.6. The van der Waals surface area contributed by atoms with Crippen LogP contribution in [-0.2, 0) is 21.7 Å². The normalized spacial score (nSPS) is 15.5. The predicted octanol–water partition coefficient (Wildman–Crippen LogP) is 7.28. The molecule has 26 heavy (non-hydrogen) atoms. The Hall–Kier alpha value is -1.41. The largest absolute Gasteiger partial charge is 0.0877 e. The number of rotatable bonds is 3. The molecule has 2 aromatic carbocycles. The molecule has 2 heteroatoms. The van der Waals surface area contributed by atoms with Crippen LogP contribution in [0.1, 0.15) is 37.4 Å². The Morgan fingerprint density at radius 3 is 2.00 bits per heavy atom. The molecular weight excluding hydrogens is 364 g/mol. The molecule has 0 aliphatic heterocycles. The summed E-state index contributed by atoms with van der Waals surface area (Å²) < 4.78 is 0. The molecule has 2 aromatic rings. The van der Waals surface area contributed by atoms with Crippen molar-refractivity contribution in [3.05, 3.63) is 89.5 Å². The smallest absolute Gasteiger partial charge is 0.0551 e. The molecule has 0 amide bonds. The maximum Gasteiger partial charge on any atom is 0.0551 e. The van der Waals surface area contributed by atoms with Gasteiger partial charge < -0.3 is 0 Å². The van der Waals surface area contributed by atoms with Gasteiger partial charge in [-0.15, -0.1) is 0 Å². The first kappa shape index (κ1) is 22.6. The summed E-state index contributed by atoms with van der Waals surface area (Å²) in [4.78, 5) is 0.